The van der Waals surface area contributed by atoms with Crippen LogP contribution < -0.4 is 5.30 Å². The summed E-state index contributed by atoms with van der Waals surface area (Å²) in [6, 6.07) is 4.15. The summed E-state index contributed by atoms with van der Waals surface area (Å²) in [5.41, 5.74) is 3.45. The normalized spacial score (nSPS) is 12.3. The molecule has 0 aliphatic carbocycles. The molecule has 0 fully saturated rings. The lowest BCUT2D eigenvalue weighted by molar-refractivity contribution is -0.140. The standard InChI is InChI=1S/C12H16ClO2P/c1-7-4-8(2)11(16)6-9(7)5-10(13)12(14)15-3/h4,6,10H,5,16H2,1-3H3. The zero-order chi connectivity index (χ0) is 12.3. The van der Waals surface area contributed by atoms with E-state index < -0.39 is 5.38 Å². The summed E-state index contributed by atoms with van der Waals surface area (Å²) in [5, 5.41) is 0.519. The van der Waals surface area contributed by atoms with Gasteiger partial charge in [-0.1, -0.05) is 12.1 Å². The summed E-state index contributed by atoms with van der Waals surface area (Å²) in [5.74, 6) is -0.382. The van der Waals surface area contributed by atoms with Crippen molar-refractivity contribution < 1.29 is 9.53 Å². The third-order valence-electron chi connectivity index (χ3n) is 2.58. The van der Waals surface area contributed by atoms with Crippen LogP contribution in [0.1, 0.15) is 16.7 Å². The lowest BCUT2D eigenvalue weighted by atomic mass is 10.0. The predicted octanol–water partition coefficient (Wildman–Crippen LogP) is 2.13. The summed E-state index contributed by atoms with van der Waals surface area (Å²) in [7, 11) is 4.03. The number of hydrogen-bond acceptors (Lipinski definition) is 2. The largest absolute Gasteiger partial charge is 0.468 e. The fourth-order valence-electron chi connectivity index (χ4n) is 1.54. The van der Waals surface area contributed by atoms with Gasteiger partial charge >= 0.3 is 5.97 Å². The molecule has 0 aliphatic rings. The highest BCUT2D eigenvalue weighted by Crippen LogP contribution is 2.16. The maximum absolute atomic E-state index is 11.2. The maximum atomic E-state index is 11.2. The highest BCUT2D eigenvalue weighted by Gasteiger charge is 2.17. The molecule has 0 heterocycles. The molecule has 0 saturated carbocycles. The molecule has 1 rings (SSSR count). The van der Waals surface area contributed by atoms with Crippen LogP contribution in [0.4, 0.5) is 0 Å². The second-order valence-electron chi connectivity index (χ2n) is 3.83. The number of methoxy groups -OCH3 is 1. The van der Waals surface area contributed by atoms with Crippen LogP contribution in [-0.4, -0.2) is 18.5 Å². The van der Waals surface area contributed by atoms with Crippen LogP contribution in [-0.2, 0) is 16.0 Å². The van der Waals surface area contributed by atoms with Gasteiger partial charge in [-0.2, -0.15) is 0 Å². The molecule has 0 spiro atoms. The van der Waals surface area contributed by atoms with Gasteiger partial charge in [0.2, 0.25) is 0 Å². The highest BCUT2D eigenvalue weighted by atomic mass is 35.5. The van der Waals surface area contributed by atoms with E-state index in [4.69, 9.17) is 11.6 Å². The first-order chi connectivity index (χ1) is 7.45. The van der Waals surface area contributed by atoms with Gasteiger partial charge in [0.25, 0.3) is 0 Å². The summed E-state index contributed by atoms with van der Waals surface area (Å²) < 4.78 is 4.60. The zero-order valence-electron chi connectivity index (χ0n) is 9.71. The zero-order valence-corrected chi connectivity index (χ0v) is 11.6. The first-order valence-corrected chi connectivity index (χ1v) is 6.04. The maximum Gasteiger partial charge on any atom is 0.324 e. The van der Waals surface area contributed by atoms with Crippen molar-refractivity contribution in [2.75, 3.05) is 7.11 Å². The van der Waals surface area contributed by atoms with E-state index in [1.807, 2.05) is 13.0 Å². The van der Waals surface area contributed by atoms with Crippen molar-refractivity contribution in [2.45, 2.75) is 25.6 Å². The van der Waals surface area contributed by atoms with E-state index in [2.05, 4.69) is 27.0 Å². The molecule has 2 nitrogen and oxygen atoms in total. The van der Waals surface area contributed by atoms with Crippen molar-refractivity contribution in [1.29, 1.82) is 0 Å². The van der Waals surface area contributed by atoms with E-state index in [0.717, 1.165) is 16.4 Å². The molecule has 0 N–H and O–H groups in total. The van der Waals surface area contributed by atoms with Crippen LogP contribution in [0.5, 0.6) is 0 Å². The number of hydrogen-bond donors (Lipinski definition) is 0. The topological polar surface area (TPSA) is 26.3 Å². The molecular formula is C12H16ClO2P. The van der Waals surface area contributed by atoms with Gasteiger partial charge in [0, 0.05) is 0 Å². The molecule has 0 amide bonds. The Hall–Kier alpha value is -0.590. The van der Waals surface area contributed by atoms with Gasteiger partial charge in [-0.3, -0.25) is 4.79 Å². The number of carbonyl (C=O) groups is 1. The van der Waals surface area contributed by atoms with E-state index in [1.165, 1.54) is 12.7 Å². The highest BCUT2D eigenvalue weighted by molar-refractivity contribution is 7.27. The average molecular weight is 259 g/mol. The Morgan fingerprint density at radius 2 is 2.06 bits per heavy atom. The Morgan fingerprint density at radius 3 is 2.62 bits per heavy atom. The van der Waals surface area contributed by atoms with Crippen LogP contribution in [0.25, 0.3) is 0 Å². The number of esters is 1. The summed E-state index contributed by atoms with van der Waals surface area (Å²) in [6.45, 7) is 4.07. The third kappa shape index (κ3) is 3.20. The molecule has 16 heavy (non-hydrogen) atoms. The van der Waals surface area contributed by atoms with E-state index in [9.17, 15) is 4.79 Å². The summed E-state index contributed by atoms with van der Waals surface area (Å²) in [4.78, 5) is 11.2. The Bertz CT molecular complexity index is 404. The number of ether oxygens (including phenoxy) is 1. The Morgan fingerprint density at radius 1 is 1.44 bits per heavy atom. The number of aryl methyl sites for hydroxylation is 2. The number of halogens is 1. The van der Waals surface area contributed by atoms with Gasteiger partial charge in [0.1, 0.15) is 5.38 Å². The fourth-order valence-corrected chi connectivity index (χ4v) is 2.08. The van der Waals surface area contributed by atoms with Crippen molar-refractivity contribution in [2.24, 2.45) is 0 Å². The van der Waals surface area contributed by atoms with Crippen molar-refractivity contribution in [3.8, 4) is 0 Å². The molecule has 0 aromatic heterocycles. The molecule has 88 valence electrons. The molecule has 2 unspecified atom stereocenters. The van der Waals surface area contributed by atoms with Gasteiger partial charge in [-0.15, -0.1) is 20.8 Å². The molecule has 2 atom stereocenters. The van der Waals surface area contributed by atoms with Gasteiger partial charge in [-0.25, -0.2) is 0 Å². The molecule has 1 aromatic carbocycles. The van der Waals surface area contributed by atoms with Crippen LogP contribution in [0, 0.1) is 13.8 Å². The van der Waals surface area contributed by atoms with Gasteiger partial charge in [0.15, 0.2) is 0 Å². The first kappa shape index (κ1) is 13.5. The van der Waals surface area contributed by atoms with Crippen molar-refractivity contribution >= 4 is 32.1 Å². The summed E-state index contributed by atoms with van der Waals surface area (Å²) >= 11 is 5.95. The van der Waals surface area contributed by atoms with Crippen LogP contribution >= 0.6 is 20.8 Å². The van der Waals surface area contributed by atoms with Crippen molar-refractivity contribution in [1.82, 2.24) is 0 Å². The predicted molar refractivity (Wildman–Crippen MR) is 70.6 cm³/mol. The van der Waals surface area contributed by atoms with E-state index in [0.29, 0.717) is 6.42 Å². The van der Waals surface area contributed by atoms with Gasteiger partial charge < -0.3 is 4.74 Å². The van der Waals surface area contributed by atoms with Crippen LogP contribution in [0.2, 0.25) is 0 Å². The minimum absolute atomic E-state index is 0.382. The number of benzene rings is 1. The molecule has 0 saturated heterocycles. The van der Waals surface area contributed by atoms with E-state index in [-0.39, 0.29) is 5.97 Å². The lowest BCUT2D eigenvalue weighted by Crippen LogP contribution is -2.19. The number of carbonyl (C=O) groups excluding carboxylic acids is 1. The second kappa shape index (κ2) is 5.65. The quantitative estimate of drug-likeness (QED) is 0.472. The fraction of sp³-hybridized carbons (Fsp3) is 0.417. The Balaban J connectivity index is 2.89. The average Bonchev–Trinajstić information content (AvgIpc) is 2.24. The van der Waals surface area contributed by atoms with Gasteiger partial charge in [-0.05, 0) is 42.3 Å². The Kier molecular flexibility index (Phi) is 4.76. The second-order valence-corrected chi connectivity index (χ2v) is 4.98. The smallest absolute Gasteiger partial charge is 0.324 e. The van der Waals surface area contributed by atoms with Crippen molar-refractivity contribution in [3.05, 3.63) is 28.8 Å². The molecule has 0 aliphatic heterocycles. The third-order valence-corrected chi connectivity index (χ3v) is 3.54. The monoisotopic (exact) mass is 258 g/mol. The van der Waals surface area contributed by atoms with Gasteiger partial charge in [0.05, 0.1) is 7.11 Å². The minimum atomic E-state index is -0.615. The van der Waals surface area contributed by atoms with E-state index >= 15 is 0 Å². The SMILES string of the molecule is COC(=O)C(Cl)Cc1cc(P)c(C)cc1C. The first-order valence-electron chi connectivity index (χ1n) is 5.03. The van der Waals surface area contributed by atoms with E-state index in [1.54, 1.807) is 0 Å². The lowest BCUT2D eigenvalue weighted by Gasteiger charge is -2.12. The summed E-state index contributed by atoms with van der Waals surface area (Å²) in [6.07, 6.45) is 0.502. The van der Waals surface area contributed by atoms with Crippen LogP contribution in [0.3, 0.4) is 0 Å². The minimum Gasteiger partial charge on any atom is -0.468 e. The van der Waals surface area contributed by atoms with Crippen molar-refractivity contribution in [3.63, 3.8) is 0 Å². The van der Waals surface area contributed by atoms with Crippen LogP contribution in [0.15, 0.2) is 12.1 Å². The molecule has 4 heteroatoms. The molecule has 1 aromatic rings. The molecule has 0 bridgehead atoms. The Labute approximate surface area is 104 Å². The molecular weight excluding hydrogens is 243 g/mol. The number of alkyl halides is 1. The number of rotatable bonds is 3. The molecule has 0 radical (unpaired) electrons.